The number of fused-ring (bicyclic) bond motifs is 1. The van der Waals surface area contributed by atoms with Gasteiger partial charge in [0.15, 0.2) is 0 Å². The number of thiazole rings is 1. The van der Waals surface area contributed by atoms with E-state index < -0.39 is 0 Å². The summed E-state index contributed by atoms with van der Waals surface area (Å²) in [5.74, 6) is 0.337. The first-order chi connectivity index (χ1) is 10.7. The summed E-state index contributed by atoms with van der Waals surface area (Å²) < 4.78 is 6.88. The summed E-state index contributed by atoms with van der Waals surface area (Å²) in [5, 5.41) is 19.6. The van der Waals surface area contributed by atoms with Crippen molar-refractivity contribution >= 4 is 27.9 Å². The molecule has 0 aliphatic carbocycles. The van der Waals surface area contributed by atoms with Gasteiger partial charge in [0.25, 0.3) is 4.96 Å². The Morgan fingerprint density at radius 3 is 3.05 bits per heavy atom. The molecule has 3 heterocycles. The van der Waals surface area contributed by atoms with Gasteiger partial charge >= 0.3 is 5.82 Å². The molecule has 1 fully saturated rings. The number of nitrogens with zero attached hydrogens (tertiary/aromatic N) is 3. The van der Waals surface area contributed by atoms with E-state index >= 15 is 0 Å². The van der Waals surface area contributed by atoms with Crippen LogP contribution in [-0.4, -0.2) is 47.7 Å². The van der Waals surface area contributed by atoms with Crippen LogP contribution >= 0.6 is 11.3 Å². The molecule has 22 heavy (non-hydrogen) atoms. The molecule has 1 saturated heterocycles. The minimum atomic E-state index is -0.388. The van der Waals surface area contributed by atoms with Crippen molar-refractivity contribution in [3.8, 4) is 0 Å². The highest BCUT2D eigenvalue weighted by molar-refractivity contribution is 7.15. The maximum atomic E-state index is 11.3. The van der Waals surface area contributed by atoms with Crippen LogP contribution in [0.2, 0.25) is 0 Å². The van der Waals surface area contributed by atoms with Crippen molar-refractivity contribution in [1.82, 2.24) is 14.7 Å². The van der Waals surface area contributed by atoms with Crippen molar-refractivity contribution in [2.24, 2.45) is 5.41 Å². The van der Waals surface area contributed by atoms with Crippen LogP contribution in [0.15, 0.2) is 11.6 Å². The first kappa shape index (κ1) is 15.2. The molecule has 0 aromatic carbocycles. The van der Waals surface area contributed by atoms with E-state index in [9.17, 15) is 10.1 Å². The highest BCUT2D eigenvalue weighted by Crippen LogP contribution is 2.32. The standard InChI is InChI=1S/C13H19N5O3S/c1-21-9-13(2-4-14-5-3-13)8-15-10-11(18(19)20)17-6-7-22-12(17)16-10/h6-7,14-15H,2-5,8-9H2,1H3. The molecular weight excluding hydrogens is 306 g/mol. The van der Waals surface area contributed by atoms with Crippen LogP contribution in [0.5, 0.6) is 0 Å². The molecule has 2 aromatic heterocycles. The van der Waals surface area contributed by atoms with E-state index in [2.05, 4.69) is 15.6 Å². The van der Waals surface area contributed by atoms with Crippen LogP contribution in [-0.2, 0) is 4.74 Å². The van der Waals surface area contributed by atoms with Gasteiger partial charge in [0.05, 0.1) is 6.61 Å². The number of imidazole rings is 1. The van der Waals surface area contributed by atoms with E-state index in [4.69, 9.17) is 4.74 Å². The molecule has 8 nitrogen and oxygen atoms in total. The van der Waals surface area contributed by atoms with Gasteiger partial charge in [-0.3, -0.25) is 0 Å². The lowest BCUT2D eigenvalue weighted by Crippen LogP contribution is -2.44. The summed E-state index contributed by atoms with van der Waals surface area (Å²) in [4.78, 5) is 15.9. The Balaban J connectivity index is 1.81. The van der Waals surface area contributed by atoms with Crippen LogP contribution in [0.4, 0.5) is 11.6 Å². The van der Waals surface area contributed by atoms with Gasteiger partial charge in [0.1, 0.15) is 6.20 Å². The number of hydrogen-bond donors (Lipinski definition) is 2. The zero-order chi connectivity index (χ0) is 15.6. The molecule has 0 radical (unpaired) electrons. The Hall–Kier alpha value is -1.71. The zero-order valence-corrected chi connectivity index (χ0v) is 13.2. The highest BCUT2D eigenvalue weighted by atomic mass is 32.1. The number of piperidine rings is 1. The number of hydrogen-bond acceptors (Lipinski definition) is 7. The molecule has 0 spiro atoms. The van der Waals surface area contributed by atoms with Gasteiger partial charge in [0.2, 0.25) is 5.82 Å². The Morgan fingerprint density at radius 2 is 2.36 bits per heavy atom. The third-order valence-electron chi connectivity index (χ3n) is 4.16. The van der Waals surface area contributed by atoms with E-state index in [-0.39, 0.29) is 16.2 Å². The fourth-order valence-electron chi connectivity index (χ4n) is 2.97. The van der Waals surface area contributed by atoms with Crippen molar-refractivity contribution in [3.05, 3.63) is 21.7 Å². The monoisotopic (exact) mass is 325 g/mol. The number of rotatable bonds is 6. The van der Waals surface area contributed by atoms with Crippen molar-refractivity contribution in [1.29, 1.82) is 0 Å². The van der Waals surface area contributed by atoms with Gasteiger partial charge in [-0.25, -0.2) is 0 Å². The van der Waals surface area contributed by atoms with Gasteiger partial charge < -0.3 is 25.5 Å². The van der Waals surface area contributed by atoms with E-state index in [0.717, 1.165) is 25.9 Å². The lowest BCUT2D eigenvalue weighted by Gasteiger charge is -2.37. The van der Waals surface area contributed by atoms with Crippen LogP contribution in [0.3, 0.4) is 0 Å². The molecule has 9 heteroatoms. The Kier molecular flexibility index (Phi) is 4.27. The highest BCUT2D eigenvalue weighted by Gasteiger charge is 2.33. The second-order valence-corrected chi connectivity index (χ2v) is 6.51. The number of methoxy groups -OCH3 is 1. The zero-order valence-electron chi connectivity index (χ0n) is 12.4. The molecule has 2 aromatic rings. The van der Waals surface area contributed by atoms with Crippen LogP contribution in [0.1, 0.15) is 12.8 Å². The minimum absolute atomic E-state index is 0.00208. The summed E-state index contributed by atoms with van der Waals surface area (Å²) >= 11 is 1.38. The largest absolute Gasteiger partial charge is 0.384 e. The maximum Gasteiger partial charge on any atom is 0.372 e. The molecule has 0 unspecified atom stereocenters. The number of nitro groups is 1. The summed E-state index contributed by atoms with van der Waals surface area (Å²) in [6.45, 7) is 3.13. The third kappa shape index (κ3) is 2.79. The molecule has 1 aliphatic rings. The molecule has 0 bridgehead atoms. The maximum absolute atomic E-state index is 11.3. The van der Waals surface area contributed by atoms with Gasteiger partial charge in [-0.2, -0.15) is 9.38 Å². The first-order valence-electron chi connectivity index (χ1n) is 7.19. The fraction of sp³-hybridized carbons (Fsp3) is 0.615. The third-order valence-corrected chi connectivity index (χ3v) is 4.91. The summed E-state index contributed by atoms with van der Waals surface area (Å²) in [5.41, 5.74) is -0.00902. The Morgan fingerprint density at radius 1 is 1.59 bits per heavy atom. The molecule has 0 saturated carbocycles. The second-order valence-electron chi connectivity index (χ2n) is 5.63. The molecule has 0 atom stereocenters. The van der Waals surface area contributed by atoms with E-state index in [1.165, 1.54) is 15.7 Å². The lowest BCUT2D eigenvalue weighted by molar-refractivity contribution is -0.389. The van der Waals surface area contributed by atoms with Crippen LogP contribution in [0, 0.1) is 15.5 Å². The van der Waals surface area contributed by atoms with Crippen molar-refractivity contribution < 1.29 is 9.66 Å². The summed E-state index contributed by atoms with van der Waals surface area (Å²) in [6, 6.07) is 0. The number of anilines is 1. The molecule has 1 aliphatic heterocycles. The van der Waals surface area contributed by atoms with Gasteiger partial charge in [0, 0.05) is 24.4 Å². The SMILES string of the molecule is COCC1(CNc2nc3sccn3c2[N+](=O)[O-])CCNCC1. The topological polar surface area (TPSA) is 93.7 Å². The average molecular weight is 325 g/mol. The van der Waals surface area contributed by atoms with E-state index in [1.807, 2.05) is 0 Å². The Bertz CT molecular complexity index is 656. The lowest BCUT2D eigenvalue weighted by atomic mass is 9.79. The van der Waals surface area contributed by atoms with Gasteiger partial charge in [-0.1, -0.05) is 11.3 Å². The van der Waals surface area contributed by atoms with Crippen LogP contribution < -0.4 is 10.6 Å². The predicted molar refractivity (Wildman–Crippen MR) is 84.6 cm³/mol. The number of aromatic nitrogens is 2. The smallest absolute Gasteiger partial charge is 0.372 e. The normalized spacial score (nSPS) is 17.7. The number of ether oxygens (including phenoxy) is 1. The van der Waals surface area contributed by atoms with Crippen molar-refractivity contribution in [2.45, 2.75) is 12.8 Å². The van der Waals surface area contributed by atoms with Crippen molar-refractivity contribution in [2.75, 3.05) is 38.7 Å². The van der Waals surface area contributed by atoms with Crippen LogP contribution in [0.25, 0.3) is 4.96 Å². The molecule has 120 valence electrons. The summed E-state index contributed by atoms with van der Waals surface area (Å²) in [6.07, 6.45) is 3.62. The summed E-state index contributed by atoms with van der Waals surface area (Å²) in [7, 11) is 1.69. The molecule has 2 N–H and O–H groups in total. The fourth-order valence-corrected chi connectivity index (χ4v) is 3.68. The predicted octanol–water partition coefficient (Wildman–Crippen LogP) is 1.73. The van der Waals surface area contributed by atoms with Gasteiger partial charge in [-0.05, 0) is 30.9 Å². The quantitative estimate of drug-likeness (QED) is 0.620. The second kappa shape index (κ2) is 6.19. The Labute approximate surface area is 131 Å². The number of nitrogens with one attached hydrogen (secondary N) is 2. The van der Waals surface area contributed by atoms with Gasteiger partial charge in [-0.15, -0.1) is 0 Å². The molecular formula is C13H19N5O3S. The molecule has 3 rings (SSSR count). The van der Waals surface area contributed by atoms with E-state index in [0.29, 0.717) is 23.9 Å². The van der Waals surface area contributed by atoms with E-state index in [1.54, 1.807) is 18.7 Å². The first-order valence-corrected chi connectivity index (χ1v) is 8.07. The minimum Gasteiger partial charge on any atom is -0.384 e. The van der Waals surface area contributed by atoms with Crippen molar-refractivity contribution in [3.63, 3.8) is 0 Å². The molecule has 0 amide bonds. The average Bonchev–Trinajstić information content (AvgIpc) is 3.06.